The summed E-state index contributed by atoms with van der Waals surface area (Å²) in [5.74, 6) is 0.0761. The van der Waals surface area contributed by atoms with Crippen LogP contribution in [0.4, 0.5) is 0 Å². The minimum Gasteiger partial charge on any atom is -0.468 e. The van der Waals surface area contributed by atoms with Crippen LogP contribution >= 0.6 is 22.9 Å². The summed E-state index contributed by atoms with van der Waals surface area (Å²) in [6.45, 7) is -0.0320. The molecule has 0 bridgehead atoms. The first kappa shape index (κ1) is 21.3. The molecule has 7 nitrogen and oxygen atoms in total. The summed E-state index contributed by atoms with van der Waals surface area (Å²) in [5.41, 5.74) is 2.41. The fourth-order valence-electron chi connectivity index (χ4n) is 2.43. The van der Waals surface area contributed by atoms with Gasteiger partial charge in [-0.25, -0.2) is 13.8 Å². The summed E-state index contributed by atoms with van der Waals surface area (Å²) in [7, 11) is -3.85. The van der Waals surface area contributed by atoms with Gasteiger partial charge in [-0.05, 0) is 47.8 Å². The van der Waals surface area contributed by atoms with Crippen molar-refractivity contribution in [3.8, 4) is 0 Å². The molecule has 10 heteroatoms. The topological polar surface area (TPSA) is 92.0 Å². The lowest BCUT2D eigenvalue weighted by atomic mass is 10.4. The fraction of sp³-hybridized carbons (Fsp3) is 0.158. The van der Waals surface area contributed by atoms with Crippen LogP contribution in [0.15, 0.2) is 74.6 Å². The summed E-state index contributed by atoms with van der Waals surface area (Å²) in [4.78, 5) is 13.1. The van der Waals surface area contributed by atoms with Gasteiger partial charge in [-0.1, -0.05) is 17.7 Å². The molecule has 152 valence electrons. The summed E-state index contributed by atoms with van der Waals surface area (Å²) >= 11 is 7.34. The number of hydrogen-bond acceptors (Lipinski definition) is 6. The average Bonchev–Trinajstić information content (AvgIpc) is 3.39. The number of hydrazone groups is 1. The summed E-state index contributed by atoms with van der Waals surface area (Å²) in [6.07, 6.45) is 2.94. The molecule has 0 aliphatic heterocycles. The molecule has 0 spiro atoms. The van der Waals surface area contributed by atoms with Gasteiger partial charge in [0.15, 0.2) is 0 Å². The Bertz CT molecular complexity index is 1050. The SMILES string of the molecule is O=C(CCN(Cc1ccco1)S(=O)(=O)c1ccc(Cl)cc1)NN=Cc1cccs1. The maximum Gasteiger partial charge on any atom is 0.243 e. The number of nitrogens with zero attached hydrogens (tertiary/aromatic N) is 2. The molecular formula is C19H18ClN3O4S2. The molecular weight excluding hydrogens is 434 g/mol. The highest BCUT2D eigenvalue weighted by atomic mass is 35.5. The van der Waals surface area contributed by atoms with Crippen LogP contribution in [0.2, 0.25) is 5.02 Å². The molecule has 3 rings (SSSR count). The molecule has 2 aromatic heterocycles. The van der Waals surface area contributed by atoms with Crippen molar-refractivity contribution >= 4 is 45.1 Å². The van der Waals surface area contributed by atoms with E-state index in [1.54, 1.807) is 12.1 Å². The average molecular weight is 452 g/mol. The highest BCUT2D eigenvalue weighted by molar-refractivity contribution is 7.89. The number of benzene rings is 1. The molecule has 3 aromatic rings. The van der Waals surface area contributed by atoms with Gasteiger partial charge in [0.05, 0.1) is 23.9 Å². The second-order valence-corrected chi connectivity index (χ2v) is 9.28. The Kier molecular flexibility index (Phi) is 7.21. The number of amides is 1. The third-order valence-corrected chi connectivity index (χ3v) is 6.79. The second kappa shape index (κ2) is 9.84. The van der Waals surface area contributed by atoms with Gasteiger partial charge in [0.25, 0.3) is 0 Å². The van der Waals surface area contributed by atoms with Crippen LogP contribution in [0.5, 0.6) is 0 Å². The smallest absolute Gasteiger partial charge is 0.243 e. The first-order valence-electron chi connectivity index (χ1n) is 8.58. The van der Waals surface area contributed by atoms with Crippen molar-refractivity contribution in [2.45, 2.75) is 17.9 Å². The predicted molar refractivity (Wildman–Crippen MR) is 112 cm³/mol. The predicted octanol–water partition coefficient (Wildman–Crippen LogP) is 3.73. The van der Waals surface area contributed by atoms with Crippen molar-refractivity contribution in [3.05, 3.63) is 75.8 Å². The van der Waals surface area contributed by atoms with Crippen LogP contribution < -0.4 is 5.43 Å². The number of hydrogen-bond donors (Lipinski definition) is 1. The van der Waals surface area contributed by atoms with E-state index in [1.807, 2.05) is 17.5 Å². The summed E-state index contributed by atoms with van der Waals surface area (Å²) in [5, 5.41) is 6.22. The molecule has 0 unspecified atom stereocenters. The van der Waals surface area contributed by atoms with E-state index in [0.717, 1.165) is 4.88 Å². The van der Waals surface area contributed by atoms with Crippen molar-refractivity contribution in [3.63, 3.8) is 0 Å². The third kappa shape index (κ3) is 6.01. The molecule has 1 aromatic carbocycles. The van der Waals surface area contributed by atoms with Gasteiger partial charge >= 0.3 is 0 Å². The van der Waals surface area contributed by atoms with E-state index in [4.69, 9.17) is 16.0 Å². The second-order valence-electron chi connectivity index (χ2n) is 5.93. The zero-order chi connectivity index (χ0) is 20.7. The first-order valence-corrected chi connectivity index (χ1v) is 11.3. The fourth-order valence-corrected chi connectivity index (χ4v) is 4.55. The van der Waals surface area contributed by atoms with Crippen LogP contribution in [-0.4, -0.2) is 31.4 Å². The van der Waals surface area contributed by atoms with E-state index in [9.17, 15) is 13.2 Å². The molecule has 0 aliphatic carbocycles. The van der Waals surface area contributed by atoms with Gasteiger partial charge in [0.2, 0.25) is 15.9 Å². The Morgan fingerprint density at radius 2 is 2.00 bits per heavy atom. The number of halogens is 1. The Morgan fingerprint density at radius 3 is 2.66 bits per heavy atom. The Balaban J connectivity index is 1.68. The quantitative estimate of drug-likeness (QED) is 0.396. The molecule has 0 fully saturated rings. The van der Waals surface area contributed by atoms with Crippen molar-refractivity contribution in [1.29, 1.82) is 0 Å². The highest BCUT2D eigenvalue weighted by Gasteiger charge is 2.26. The standard InChI is InChI=1S/C19H18ClN3O4S2/c20-15-5-7-18(8-6-15)29(25,26)23(14-16-3-1-11-27-16)10-9-19(24)22-21-13-17-4-2-12-28-17/h1-8,11-13H,9-10,14H2,(H,22,24). The van der Waals surface area contributed by atoms with Gasteiger partial charge in [-0.15, -0.1) is 11.3 Å². The summed E-state index contributed by atoms with van der Waals surface area (Å²) in [6, 6.07) is 13.0. The number of carbonyl (C=O) groups is 1. The molecule has 0 atom stereocenters. The van der Waals surface area contributed by atoms with Gasteiger partial charge < -0.3 is 4.42 Å². The molecule has 29 heavy (non-hydrogen) atoms. The van der Waals surface area contributed by atoms with E-state index < -0.39 is 15.9 Å². The van der Waals surface area contributed by atoms with Crippen LogP contribution in [0, 0.1) is 0 Å². The van der Waals surface area contributed by atoms with Crippen molar-refractivity contribution in [2.24, 2.45) is 5.10 Å². The number of thiophene rings is 1. The Labute approximate surface area is 177 Å². The lowest BCUT2D eigenvalue weighted by Gasteiger charge is -2.21. The van der Waals surface area contributed by atoms with Crippen LogP contribution in [-0.2, 0) is 21.4 Å². The summed E-state index contributed by atoms with van der Waals surface area (Å²) < 4.78 is 32.5. The first-order chi connectivity index (χ1) is 13.9. The maximum absolute atomic E-state index is 13.0. The van der Waals surface area contributed by atoms with Crippen LogP contribution in [0.3, 0.4) is 0 Å². The molecule has 0 aliphatic rings. The zero-order valence-electron chi connectivity index (χ0n) is 15.2. The van der Waals surface area contributed by atoms with E-state index >= 15 is 0 Å². The molecule has 0 saturated heterocycles. The van der Waals surface area contributed by atoms with Gasteiger partial charge in [0.1, 0.15) is 5.76 Å². The number of sulfonamides is 1. The number of furan rings is 1. The van der Waals surface area contributed by atoms with Gasteiger partial charge in [-0.3, -0.25) is 4.79 Å². The molecule has 2 heterocycles. The number of carbonyl (C=O) groups excluding carboxylic acids is 1. The van der Waals surface area contributed by atoms with E-state index in [1.165, 1.54) is 52.4 Å². The molecule has 1 N–H and O–H groups in total. The molecule has 0 radical (unpaired) electrons. The number of rotatable bonds is 9. The molecule has 0 saturated carbocycles. The van der Waals surface area contributed by atoms with E-state index in [0.29, 0.717) is 10.8 Å². The van der Waals surface area contributed by atoms with E-state index in [-0.39, 0.29) is 24.4 Å². The van der Waals surface area contributed by atoms with Crippen LogP contribution in [0.1, 0.15) is 17.1 Å². The monoisotopic (exact) mass is 451 g/mol. The third-order valence-electron chi connectivity index (χ3n) is 3.88. The minimum atomic E-state index is -3.85. The lowest BCUT2D eigenvalue weighted by Crippen LogP contribution is -2.34. The lowest BCUT2D eigenvalue weighted by molar-refractivity contribution is -0.121. The van der Waals surface area contributed by atoms with Gasteiger partial charge in [-0.2, -0.15) is 9.41 Å². The minimum absolute atomic E-state index is 0.00367. The number of nitrogens with one attached hydrogen (secondary N) is 1. The molecule has 1 amide bonds. The van der Waals surface area contributed by atoms with Crippen LogP contribution in [0.25, 0.3) is 0 Å². The Hall–Kier alpha value is -2.46. The van der Waals surface area contributed by atoms with Crippen molar-refractivity contribution in [2.75, 3.05) is 6.54 Å². The van der Waals surface area contributed by atoms with Crippen molar-refractivity contribution < 1.29 is 17.6 Å². The van der Waals surface area contributed by atoms with Crippen molar-refractivity contribution in [1.82, 2.24) is 9.73 Å². The normalized spacial score (nSPS) is 11.9. The maximum atomic E-state index is 13.0. The zero-order valence-corrected chi connectivity index (χ0v) is 17.6. The van der Waals surface area contributed by atoms with E-state index in [2.05, 4.69) is 10.5 Å². The largest absolute Gasteiger partial charge is 0.468 e. The highest BCUT2D eigenvalue weighted by Crippen LogP contribution is 2.21. The van der Waals surface area contributed by atoms with Gasteiger partial charge in [0, 0.05) is 22.9 Å². The Morgan fingerprint density at radius 1 is 1.21 bits per heavy atom.